The molecule has 0 saturated heterocycles. The van der Waals surface area contributed by atoms with Gasteiger partial charge in [0.2, 0.25) is 0 Å². The number of anilines is 1. The molecule has 6 heteroatoms. The van der Waals surface area contributed by atoms with Crippen LogP contribution in [-0.2, 0) is 9.47 Å². The van der Waals surface area contributed by atoms with Crippen molar-refractivity contribution < 1.29 is 18.7 Å². The van der Waals surface area contributed by atoms with E-state index in [1.807, 2.05) is 0 Å². The molecule has 0 unspecified atom stereocenters. The first-order valence-corrected chi connectivity index (χ1v) is 5.92. The van der Waals surface area contributed by atoms with Crippen LogP contribution < -0.4 is 5.73 Å². The highest BCUT2D eigenvalue weighted by molar-refractivity contribution is 5.95. The minimum absolute atomic E-state index is 0.0350. The van der Waals surface area contributed by atoms with Crippen LogP contribution in [0.25, 0.3) is 0 Å². The zero-order chi connectivity index (χ0) is 14.3. The molecule has 0 saturated carbocycles. The molecule has 0 radical (unpaired) electrons. The molecule has 0 heterocycles. The topological polar surface area (TPSA) is 64.8 Å². The first kappa shape index (κ1) is 15.4. The molecule has 1 amide bonds. The predicted molar refractivity (Wildman–Crippen MR) is 70.5 cm³/mol. The van der Waals surface area contributed by atoms with Crippen LogP contribution in [0.15, 0.2) is 18.2 Å². The molecular weight excluding hydrogens is 251 g/mol. The fraction of sp³-hybridized carbons (Fsp3) is 0.462. The first-order chi connectivity index (χ1) is 9.10. The molecule has 2 N–H and O–H groups in total. The van der Waals surface area contributed by atoms with E-state index in [9.17, 15) is 9.18 Å². The Kier molecular flexibility index (Phi) is 6.24. The number of rotatable bonds is 7. The monoisotopic (exact) mass is 270 g/mol. The van der Waals surface area contributed by atoms with Crippen molar-refractivity contribution in [2.45, 2.75) is 0 Å². The van der Waals surface area contributed by atoms with Gasteiger partial charge in [-0.25, -0.2) is 4.39 Å². The summed E-state index contributed by atoms with van der Waals surface area (Å²) in [6, 6.07) is 3.94. The van der Waals surface area contributed by atoms with E-state index in [1.165, 1.54) is 23.1 Å². The molecule has 5 nitrogen and oxygen atoms in total. The number of halogens is 1. The Labute approximate surface area is 112 Å². The van der Waals surface area contributed by atoms with E-state index in [1.54, 1.807) is 14.2 Å². The average Bonchev–Trinajstić information content (AvgIpc) is 2.41. The summed E-state index contributed by atoms with van der Waals surface area (Å²) < 4.78 is 23.5. The summed E-state index contributed by atoms with van der Waals surface area (Å²) in [5, 5.41) is 0. The van der Waals surface area contributed by atoms with Crippen molar-refractivity contribution in [2.24, 2.45) is 0 Å². The summed E-state index contributed by atoms with van der Waals surface area (Å²) in [5.41, 5.74) is 5.89. The second-order valence-electron chi connectivity index (χ2n) is 4.02. The fourth-order valence-corrected chi connectivity index (χ4v) is 1.59. The van der Waals surface area contributed by atoms with Crippen molar-refractivity contribution in [3.63, 3.8) is 0 Å². The number of hydrogen-bond donors (Lipinski definition) is 1. The number of ether oxygens (including phenoxy) is 2. The zero-order valence-corrected chi connectivity index (χ0v) is 11.2. The number of nitrogens with zero attached hydrogens (tertiary/aromatic N) is 1. The predicted octanol–water partition coefficient (Wildman–Crippen LogP) is 1.14. The third-order valence-corrected chi connectivity index (χ3v) is 2.64. The molecule has 0 bridgehead atoms. The first-order valence-electron chi connectivity index (χ1n) is 5.92. The Morgan fingerprint density at radius 3 is 2.37 bits per heavy atom. The number of nitrogen functional groups attached to an aromatic ring is 1. The maximum atomic E-state index is 13.7. The highest BCUT2D eigenvalue weighted by atomic mass is 19.1. The highest BCUT2D eigenvalue weighted by Gasteiger charge is 2.19. The van der Waals surface area contributed by atoms with Gasteiger partial charge in [0.1, 0.15) is 5.82 Å². The molecule has 0 aliphatic carbocycles. The molecule has 0 aromatic heterocycles. The average molecular weight is 270 g/mol. The summed E-state index contributed by atoms with van der Waals surface area (Å²) in [7, 11) is 3.08. The summed E-state index contributed by atoms with van der Waals surface area (Å²) in [4.78, 5) is 13.7. The van der Waals surface area contributed by atoms with Gasteiger partial charge in [0.05, 0.1) is 18.8 Å². The Morgan fingerprint density at radius 1 is 1.26 bits per heavy atom. The van der Waals surface area contributed by atoms with E-state index < -0.39 is 11.7 Å². The number of amides is 1. The van der Waals surface area contributed by atoms with Crippen molar-refractivity contribution >= 4 is 11.6 Å². The Balaban J connectivity index is 2.87. The van der Waals surface area contributed by atoms with Gasteiger partial charge in [0.15, 0.2) is 0 Å². The molecule has 1 aromatic rings. The van der Waals surface area contributed by atoms with Gasteiger partial charge in [0, 0.05) is 33.0 Å². The fourth-order valence-electron chi connectivity index (χ4n) is 1.59. The van der Waals surface area contributed by atoms with Crippen molar-refractivity contribution in [1.29, 1.82) is 0 Å². The van der Waals surface area contributed by atoms with Gasteiger partial charge in [-0.3, -0.25) is 4.79 Å². The number of methoxy groups -OCH3 is 2. The van der Waals surface area contributed by atoms with E-state index in [-0.39, 0.29) is 5.56 Å². The zero-order valence-electron chi connectivity index (χ0n) is 11.2. The summed E-state index contributed by atoms with van der Waals surface area (Å²) in [6.45, 7) is 1.48. The van der Waals surface area contributed by atoms with Gasteiger partial charge in [-0.05, 0) is 18.2 Å². The van der Waals surface area contributed by atoms with Crippen molar-refractivity contribution in [3.05, 3.63) is 29.6 Å². The lowest BCUT2D eigenvalue weighted by Crippen LogP contribution is -2.37. The molecule has 0 aliphatic rings. The Morgan fingerprint density at radius 2 is 1.84 bits per heavy atom. The normalized spacial score (nSPS) is 10.5. The highest BCUT2D eigenvalue weighted by Crippen LogP contribution is 2.14. The summed E-state index contributed by atoms with van der Waals surface area (Å²) in [5.74, 6) is -1.00. The molecule has 0 spiro atoms. The van der Waals surface area contributed by atoms with Gasteiger partial charge in [0.25, 0.3) is 5.91 Å². The molecule has 19 heavy (non-hydrogen) atoms. The van der Waals surface area contributed by atoms with Crippen LogP contribution in [-0.4, -0.2) is 51.3 Å². The second kappa shape index (κ2) is 7.70. The van der Waals surface area contributed by atoms with Gasteiger partial charge in [-0.2, -0.15) is 0 Å². The second-order valence-corrected chi connectivity index (χ2v) is 4.02. The van der Waals surface area contributed by atoms with E-state index >= 15 is 0 Å². The summed E-state index contributed by atoms with van der Waals surface area (Å²) in [6.07, 6.45) is 0. The minimum Gasteiger partial charge on any atom is -0.399 e. The number of hydrogen-bond acceptors (Lipinski definition) is 4. The van der Waals surface area contributed by atoms with Gasteiger partial charge in [-0.1, -0.05) is 0 Å². The number of benzene rings is 1. The smallest absolute Gasteiger partial charge is 0.257 e. The maximum Gasteiger partial charge on any atom is 0.257 e. The lowest BCUT2D eigenvalue weighted by atomic mass is 10.1. The summed E-state index contributed by atoms with van der Waals surface area (Å²) >= 11 is 0. The quantitative estimate of drug-likeness (QED) is 0.755. The van der Waals surface area contributed by atoms with Gasteiger partial charge >= 0.3 is 0 Å². The number of nitrogens with two attached hydrogens (primary N) is 1. The maximum absolute atomic E-state index is 13.7. The van der Waals surface area contributed by atoms with Crippen molar-refractivity contribution in [3.8, 4) is 0 Å². The van der Waals surface area contributed by atoms with Crippen LogP contribution in [0.4, 0.5) is 10.1 Å². The molecule has 0 fully saturated rings. The van der Waals surface area contributed by atoms with Gasteiger partial charge in [-0.15, -0.1) is 0 Å². The molecule has 0 aliphatic heterocycles. The van der Waals surface area contributed by atoms with E-state index in [0.717, 1.165) is 0 Å². The molecule has 1 aromatic carbocycles. The van der Waals surface area contributed by atoms with Crippen LogP contribution in [0.5, 0.6) is 0 Å². The molecular formula is C13H19FN2O3. The Hall–Kier alpha value is -1.66. The van der Waals surface area contributed by atoms with E-state index in [4.69, 9.17) is 15.2 Å². The van der Waals surface area contributed by atoms with E-state index in [0.29, 0.717) is 32.0 Å². The van der Waals surface area contributed by atoms with Crippen LogP contribution in [0.3, 0.4) is 0 Å². The van der Waals surface area contributed by atoms with Crippen LogP contribution in [0.2, 0.25) is 0 Å². The SMILES string of the molecule is COCCN(CCOC)C(=O)c1cc(N)ccc1F. The third kappa shape index (κ3) is 4.50. The molecule has 1 rings (SSSR count). The largest absolute Gasteiger partial charge is 0.399 e. The molecule has 106 valence electrons. The van der Waals surface area contributed by atoms with Crippen LogP contribution >= 0.6 is 0 Å². The number of carbonyl (C=O) groups excluding carboxylic acids is 1. The van der Waals surface area contributed by atoms with E-state index in [2.05, 4.69) is 0 Å². The molecule has 0 atom stereocenters. The van der Waals surface area contributed by atoms with Crippen LogP contribution in [0.1, 0.15) is 10.4 Å². The minimum atomic E-state index is -0.584. The van der Waals surface area contributed by atoms with Crippen molar-refractivity contribution in [2.75, 3.05) is 46.3 Å². The third-order valence-electron chi connectivity index (χ3n) is 2.64. The van der Waals surface area contributed by atoms with Crippen molar-refractivity contribution in [1.82, 2.24) is 4.90 Å². The Bertz CT molecular complexity index is 418. The number of carbonyl (C=O) groups is 1. The standard InChI is InChI=1S/C13H19FN2O3/c1-18-7-5-16(6-8-19-2)13(17)11-9-10(15)3-4-12(11)14/h3-4,9H,5-8,15H2,1-2H3. The van der Waals surface area contributed by atoms with Gasteiger partial charge < -0.3 is 20.1 Å². The lowest BCUT2D eigenvalue weighted by Gasteiger charge is -2.22. The van der Waals surface area contributed by atoms with Crippen LogP contribution in [0, 0.1) is 5.82 Å². The lowest BCUT2D eigenvalue weighted by molar-refractivity contribution is 0.0623.